The standard InChI is InChI=1S/C8H17NO2/c1-2-3-7-8(11)4-6(10)5-9-7/h6-11H,2-5H2,1H3/t6-,7-,8-/m0/s1. The van der Waals surface area contributed by atoms with Gasteiger partial charge in [0.05, 0.1) is 12.2 Å². The van der Waals surface area contributed by atoms with Crippen molar-refractivity contribution in [2.24, 2.45) is 0 Å². The topological polar surface area (TPSA) is 52.5 Å². The van der Waals surface area contributed by atoms with Gasteiger partial charge in [-0.1, -0.05) is 13.3 Å². The third-order valence-electron chi connectivity index (χ3n) is 2.19. The highest BCUT2D eigenvalue weighted by Crippen LogP contribution is 2.12. The summed E-state index contributed by atoms with van der Waals surface area (Å²) in [5.74, 6) is 0. The van der Waals surface area contributed by atoms with Gasteiger partial charge in [-0.2, -0.15) is 0 Å². The van der Waals surface area contributed by atoms with Crippen molar-refractivity contribution in [3.05, 3.63) is 0 Å². The highest BCUT2D eigenvalue weighted by molar-refractivity contribution is 4.84. The lowest BCUT2D eigenvalue weighted by Gasteiger charge is -2.31. The molecule has 0 aromatic heterocycles. The minimum absolute atomic E-state index is 0.198. The molecule has 0 saturated carbocycles. The maximum absolute atomic E-state index is 9.45. The van der Waals surface area contributed by atoms with Crippen molar-refractivity contribution in [1.29, 1.82) is 0 Å². The van der Waals surface area contributed by atoms with Gasteiger partial charge in [0.2, 0.25) is 0 Å². The SMILES string of the molecule is CCC[C@@H]1NC[C@@H](O)C[C@@H]1O. The van der Waals surface area contributed by atoms with Crippen LogP contribution in [-0.4, -0.2) is 35.0 Å². The van der Waals surface area contributed by atoms with Gasteiger partial charge in [0.15, 0.2) is 0 Å². The summed E-state index contributed by atoms with van der Waals surface area (Å²) in [5, 5.41) is 21.7. The second-order valence-corrected chi connectivity index (χ2v) is 3.26. The molecule has 0 spiro atoms. The monoisotopic (exact) mass is 159 g/mol. The van der Waals surface area contributed by atoms with E-state index in [2.05, 4.69) is 12.2 Å². The predicted molar refractivity (Wildman–Crippen MR) is 43.3 cm³/mol. The minimum atomic E-state index is -0.363. The van der Waals surface area contributed by atoms with Gasteiger partial charge in [0.1, 0.15) is 0 Å². The molecule has 1 heterocycles. The molecule has 0 unspecified atom stereocenters. The Morgan fingerprint density at radius 3 is 2.73 bits per heavy atom. The molecule has 11 heavy (non-hydrogen) atoms. The third kappa shape index (κ3) is 2.43. The number of aliphatic hydroxyl groups excluding tert-OH is 2. The van der Waals surface area contributed by atoms with Crippen LogP contribution < -0.4 is 5.32 Å². The van der Waals surface area contributed by atoms with Crippen LogP contribution in [0.15, 0.2) is 0 Å². The van der Waals surface area contributed by atoms with Crippen LogP contribution in [0.3, 0.4) is 0 Å². The lowest BCUT2D eigenvalue weighted by Crippen LogP contribution is -2.50. The molecular weight excluding hydrogens is 142 g/mol. The Hall–Kier alpha value is -0.120. The molecule has 0 aliphatic carbocycles. The van der Waals surface area contributed by atoms with Crippen molar-refractivity contribution in [1.82, 2.24) is 5.32 Å². The Bertz CT molecular complexity index is 119. The number of rotatable bonds is 2. The van der Waals surface area contributed by atoms with Crippen molar-refractivity contribution in [2.45, 2.75) is 44.4 Å². The van der Waals surface area contributed by atoms with Gasteiger partial charge >= 0.3 is 0 Å². The Morgan fingerprint density at radius 1 is 1.45 bits per heavy atom. The molecule has 0 radical (unpaired) electrons. The quantitative estimate of drug-likeness (QED) is 0.526. The normalized spacial score (nSPS) is 39.0. The molecule has 3 N–H and O–H groups in total. The number of hydrogen-bond acceptors (Lipinski definition) is 3. The van der Waals surface area contributed by atoms with E-state index in [1.807, 2.05) is 0 Å². The lowest BCUT2D eigenvalue weighted by atomic mass is 9.96. The summed E-state index contributed by atoms with van der Waals surface area (Å²) >= 11 is 0. The molecular formula is C8H17NO2. The minimum Gasteiger partial charge on any atom is -0.392 e. The first-order valence-corrected chi connectivity index (χ1v) is 4.33. The molecule has 66 valence electrons. The van der Waals surface area contributed by atoms with E-state index < -0.39 is 0 Å². The fourth-order valence-corrected chi connectivity index (χ4v) is 1.56. The first-order chi connectivity index (χ1) is 5.24. The van der Waals surface area contributed by atoms with Crippen LogP contribution >= 0.6 is 0 Å². The van der Waals surface area contributed by atoms with Gasteiger partial charge in [-0.05, 0) is 6.42 Å². The zero-order valence-corrected chi connectivity index (χ0v) is 6.95. The smallest absolute Gasteiger partial charge is 0.0718 e. The van der Waals surface area contributed by atoms with Crippen LogP contribution in [0, 0.1) is 0 Å². The van der Waals surface area contributed by atoms with Gasteiger partial charge < -0.3 is 15.5 Å². The largest absolute Gasteiger partial charge is 0.392 e. The van der Waals surface area contributed by atoms with Crippen LogP contribution in [0.25, 0.3) is 0 Å². The molecule has 3 atom stereocenters. The molecule has 1 rings (SSSR count). The van der Waals surface area contributed by atoms with Crippen LogP contribution in [0.2, 0.25) is 0 Å². The van der Waals surface area contributed by atoms with E-state index in [1.54, 1.807) is 0 Å². The van der Waals surface area contributed by atoms with Crippen LogP contribution in [0.5, 0.6) is 0 Å². The number of hydrogen-bond donors (Lipinski definition) is 3. The molecule has 0 aromatic carbocycles. The van der Waals surface area contributed by atoms with E-state index in [4.69, 9.17) is 5.11 Å². The van der Waals surface area contributed by atoms with Crippen LogP contribution in [0.1, 0.15) is 26.2 Å². The second-order valence-electron chi connectivity index (χ2n) is 3.26. The molecule has 1 aliphatic rings. The molecule has 1 fully saturated rings. The zero-order valence-electron chi connectivity index (χ0n) is 6.95. The van der Waals surface area contributed by atoms with E-state index in [9.17, 15) is 5.11 Å². The summed E-state index contributed by atoms with van der Waals surface area (Å²) in [6.45, 7) is 2.72. The van der Waals surface area contributed by atoms with Crippen molar-refractivity contribution in [3.8, 4) is 0 Å². The summed E-state index contributed by atoms with van der Waals surface area (Å²) in [5.41, 5.74) is 0. The number of piperidine rings is 1. The Kier molecular flexibility index (Phi) is 3.30. The predicted octanol–water partition coefficient (Wildman–Crippen LogP) is -0.130. The Balaban J connectivity index is 2.31. The lowest BCUT2D eigenvalue weighted by molar-refractivity contribution is 0.0205. The summed E-state index contributed by atoms with van der Waals surface area (Å²) in [7, 11) is 0. The molecule has 1 aliphatic heterocycles. The fourth-order valence-electron chi connectivity index (χ4n) is 1.56. The summed E-state index contributed by atoms with van der Waals surface area (Å²) in [4.78, 5) is 0. The summed E-state index contributed by atoms with van der Waals surface area (Å²) < 4.78 is 0. The van der Waals surface area contributed by atoms with Crippen LogP contribution in [0.4, 0.5) is 0 Å². The van der Waals surface area contributed by atoms with Gasteiger partial charge in [0.25, 0.3) is 0 Å². The fraction of sp³-hybridized carbons (Fsp3) is 1.00. The maximum atomic E-state index is 9.45. The first kappa shape index (κ1) is 8.97. The van der Waals surface area contributed by atoms with E-state index in [0.29, 0.717) is 13.0 Å². The van der Waals surface area contributed by atoms with Crippen molar-refractivity contribution in [3.63, 3.8) is 0 Å². The molecule has 0 amide bonds. The van der Waals surface area contributed by atoms with Gasteiger partial charge in [-0.3, -0.25) is 0 Å². The molecule has 0 aromatic rings. The summed E-state index contributed by atoms with van der Waals surface area (Å²) in [6.07, 6.45) is 1.87. The number of aliphatic hydroxyl groups is 2. The zero-order chi connectivity index (χ0) is 8.27. The van der Waals surface area contributed by atoms with Crippen LogP contribution in [-0.2, 0) is 0 Å². The van der Waals surface area contributed by atoms with E-state index in [-0.39, 0.29) is 18.2 Å². The maximum Gasteiger partial charge on any atom is 0.0718 e. The second kappa shape index (κ2) is 4.04. The average Bonchev–Trinajstić information content (AvgIpc) is 1.95. The Morgan fingerprint density at radius 2 is 2.18 bits per heavy atom. The van der Waals surface area contributed by atoms with Gasteiger partial charge in [-0.25, -0.2) is 0 Å². The molecule has 3 nitrogen and oxygen atoms in total. The van der Waals surface area contributed by atoms with E-state index in [1.165, 1.54) is 0 Å². The van der Waals surface area contributed by atoms with Gasteiger partial charge in [0, 0.05) is 19.0 Å². The molecule has 1 saturated heterocycles. The number of nitrogens with one attached hydrogen (secondary N) is 1. The third-order valence-corrected chi connectivity index (χ3v) is 2.19. The number of β-amino-alcohol motifs (C(OH)–C–C–N with tert-alkyl or cyclic N) is 1. The van der Waals surface area contributed by atoms with Gasteiger partial charge in [-0.15, -0.1) is 0 Å². The highest BCUT2D eigenvalue weighted by atomic mass is 16.3. The van der Waals surface area contributed by atoms with E-state index >= 15 is 0 Å². The van der Waals surface area contributed by atoms with Crippen molar-refractivity contribution >= 4 is 0 Å². The summed E-state index contributed by atoms with van der Waals surface area (Å²) in [6, 6.07) is 0.198. The highest BCUT2D eigenvalue weighted by Gasteiger charge is 2.26. The van der Waals surface area contributed by atoms with Crippen molar-refractivity contribution in [2.75, 3.05) is 6.54 Å². The molecule has 0 bridgehead atoms. The molecule has 3 heteroatoms. The van der Waals surface area contributed by atoms with Crippen molar-refractivity contribution < 1.29 is 10.2 Å². The average molecular weight is 159 g/mol. The van der Waals surface area contributed by atoms with E-state index in [0.717, 1.165) is 12.8 Å². The Labute approximate surface area is 67.4 Å². The first-order valence-electron chi connectivity index (χ1n) is 4.33.